The highest BCUT2D eigenvalue weighted by molar-refractivity contribution is 7.20. The van der Waals surface area contributed by atoms with Crippen molar-refractivity contribution in [2.24, 2.45) is 0 Å². The average Bonchev–Trinajstić information content (AvgIpc) is 3.10. The van der Waals surface area contributed by atoms with Crippen LogP contribution in [0.25, 0.3) is 10.2 Å². The molecule has 0 fully saturated rings. The van der Waals surface area contributed by atoms with Gasteiger partial charge in [-0.3, -0.25) is 9.36 Å². The van der Waals surface area contributed by atoms with Gasteiger partial charge in [-0.2, -0.15) is 0 Å². The van der Waals surface area contributed by atoms with Gasteiger partial charge in [0.15, 0.2) is 0 Å². The Morgan fingerprint density at radius 3 is 3.00 bits per heavy atom. The van der Waals surface area contributed by atoms with E-state index in [0.717, 1.165) is 0 Å². The standard InChI is InChI=1S/C15H14N2O4S/c1-3-20-15(19)12-9(2)11-13(22-12)16-8-17(14(11)18)7-10-5-4-6-21-10/h4-6,8H,3,7H2,1-2H3. The lowest BCUT2D eigenvalue weighted by Crippen LogP contribution is -2.21. The minimum absolute atomic E-state index is 0.189. The summed E-state index contributed by atoms with van der Waals surface area (Å²) >= 11 is 1.18. The Bertz CT molecular complexity index is 877. The van der Waals surface area contributed by atoms with Gasteiger partial charge in [0.2, 0.25) is 0 Å². The van der Waals surface area contributed by atoms with E-state index in [2.05, 4.69) is 4.98 Å². The molecule has 3 aromatic heterocycles. The van der Waals surface area contributed by atoms with E-state index in [1.165, 1.54) is 22.2 Å². The smallest absolute Gasteiger partial charge is 0.348 e. The van der Waals surface area contributed by atoms with Gasteiger partial charge in [0.25, 0.3) is 5.56 Å². The molecule has 0 saturated heterocycles. The van der Waals surface area contributed by atoms with Crippen LogP contribution >= 0.6 is 11.3 Å². The number of esters is 1. The van der Waals surface area contributed by atoms with Crippen molar-refractivity contribution in [3.05, 3.63) is 51.3 Å². The lowest BCUT2D eigenvalue weighted by molar-refractivity contribution is 0.0531. The molecule has 0 N–H and O–H groups in total. The van der Waals surface area contributed by atoms with Crippen LogP contribution in [0.5, 0.6) is 0 Å². The van der Waals surface area contributed by atoms with Crippen LogP contribution in [-0.2, 0) is 11.3 Å². The molecule has 0 aliphatic rings. The summed E-state index contributed by atoms with van der Waals surface area (Å²) in [7, 11) is 0. The van der Waals surface area contributed by atoms with Gasteiger partial charge in [-0.25, -0.2) is 9.78 Å². The first-order valence-electron chi connectivity index (χ1n) is 6.79. The van der Waals surface area contributed by atoms with E-state index in [-0.39, 0.29) is 5.56 Å². The van der Waals surface area contributed by atoms with Crippen molar-refractivity contribution < 1.29 is 13.9 Å². The fourth-order valence-corrected chi connectivity index (χ4v) is 3.27. The summed E-state index contributed by atoms with van der Waals surface area (Å²) in [6.45, 7) is 4.09. The Balaban J connectivity index is 2.09. The molecule has 0 atom stereocenters. The minimum Gasteiger partial charge on any atom is -0.467 e. The molecule has 3 heterocycles. The Kier molecular flexibility index (Phi) is 3.81. The van der Waals surface area contributed by atoms with Gasteiger partial charge >= 0.3 is 5.97 Å². The number of carbonyl (C=O) groups is 1. The van der Waals surface area contributed by atoms with E-state index in [0.29, 0.717) is 39.6 Å². The van der Waals surface area contributed by atoms with Crippen molar-refractivity contribution in [3.8, 4) is 0 Å². The highest BCUT2D eigenvalue weighted by Gasteiger charge is 2.20. The Labute approximate surface area is 130 Å². The van der Waals surface area contributed by atoms with Crippen molar-refractivity contribution in [1.29, 1.82) is 0 Å². The number of hydrogen-bond acceptors (Lipinski definition) is 6. The monoisotopic (exact) mass is 318 g/mol. The van der Waals surface area contributed by atoms with Crippen LogP contribution in [0.1, 0.15) is 27.9 Å². The molecule has 3 rings (SSSR count). The summed E-state index contributed by atoms with van der Waals surface area (Å²) in [6, 6.07) is 3.56. The van der Waals surface area contributed by atoms with Gasteiger partial charge in [0.05, 0.1) is 31.1 Å². The molecule has 114 valence electrons. The zero-order chi connectivity index (χ0) is 15.7. The predicted octanol–water partition coefficient (Wildman–Crippen LogP) is 2.58. The summed E-state index contributed by atoms with van der Waals surface area (Å²) in [5, 5.41) is 0.460. The number of aryl methyl sites for hydroxylation is 1. The second-order valence-corrected chi connectivity index (χ2v) is 5.71. The van der Waals surface area contributed by atoms with E-state index < -0.39 is 5.97 Å². The molecule has 0 bridgehead atoms. The van der Waals surface area contributed by atoms with Crippen molar-refractivity contribution in [2.75, 3.05) is 6.61 Å². The minimum atomic E-state index is -0.417. The lowest BCUT2D eigenvalue weighted by atomic mass is 10.2. The van der Waals surface area contributed by atoms with E-state index >= 15 is 0 Å². The summed E-state index contributed by atoms with van der Waals surface area (Å²) in [5.74, 6) is 0.252. The van der Waals surface area contributed by atoms with Gasteiger partial charge in [-0.05, 0) is 31.5 Å². The number of hydrogen-bond donors (Lipinski definition) is 0. The molecule has 0 radical (unpaired) electrons. The van der Waals surface area contributed by atoms with E-state index in [4.69, 9.17) is 9.15 Å². The van der Waals surface area contributed by atoms with Crippen molar-refractivity contribution in [1.82, 2.24) is 9.55 Å². The zero-order valence-electron chi connectivity index (χ0n) is 12.2. The molecular weight excluding hydrogens is 304 g/mol. The van der Waals surface area contributed by atoms with Gasteiger partial charge in [0.1, 0.15) is 15.5 Å². The molecule has 3 aromatic rings. The van der Waals surface area contributed by atoms with E-state index in [9.17, 15) is 9.59 Å². The normalized spacial score (nSPS) is 11.0. The van der Waals surface area contributed by atoms with Crippen LogP contribution in [0.15, 0.2) is 33.9 Å². The zero-order valence-corrected chi connectivity index (χ0v) is 13.0. The second kappa shape index (κ2) is 5.76. The molecule has 0 aromatic carbocycles. The number of carbonyl (C=O) groups excluding carboxylic acids is 1. The van der Waals surface area contributed by atoms with Crippen LogP contribution in [0.4, 0.5) is 0 Å². The fraction of sp³-hybridized carbons (Fsp3) is 0.267. The summed E-state index contributed by atoms with van der Waals surface area (Å²) in [5.41, 5.74) is 0.426. The average molecular weight is 318 g/mol. The first kappa shape index (κ1) is 14.5. The first-order chi connectivity index (χ1) is 10.6. The predicted molar refractivity (Wildman–Crippen MR) is 82.4 cm³/mol. The SMILES string of the molecule is CCOC(=O)c1sc2ncn(Cc3ccco3)c(=O)c2c1C. The van der Waals surface area contributed by atoms with Crippen molar-refractivity contribution in [2.45, 2.75) is 20.4 Å². The number of thiophene rings is 1. The summed E-state index contributed by atoms with van der Waals surface area (Å²) in [4.78, 5) is 29.8. The lowest BCUT2D eigenvalue weighted by Gasteiger charge is -2.03. The summed E-state index contributed by atoms with van der Waals surface area (Å²) in [6.07, 6.45) is 3.03. The molecule has 0 aliphatic heterocycles. The molecule has 22 heavy (non-hydrogen) atoms. The van der Waals surface area contributed by atoms with Gasteiger partial charge in [-0.15, -0.1) is 11.3 Å². The Morgan fingerprint density at radius 2 is 2.32 bits per heavy atom. The van der Waals surface area contributed by atoms with E-state index in [1.807, 2.05) is 0 Å². The highest BCUT2D eigenvalue weighted by Crippen LogP contribution is 2.27. The topological polar surface area (TPSA) is 74.3 Å². The van der Waals surface area contributed by atoms with Crippen LogP contribution in [0.2, 0.25) is 0 Å². The maximum atomic E-state index is 12.6. The molecule has 7 heteroatoms. The van der Waals surface area contributed by atoms with Crippen LogP contribution in [0, 0.1) is 6.92 Å². The van der Waals surface area contributed by atoms with Crippen molar-refractivity contribution >= 4 is 27.5 Å². The molecule has 0 unspecified atom stereocenters. The van der Waals surface area contributed by atoms with Gasteiger partial charge in [0, 0.05) is 0 Å². The molecule has 0 saturated carbocycles. The third-order valence-electron chi connectivity index (χ3n) is 3.28. The first-order valence-corrected chi connectivity index (χ1v) is 7.61. The fourth-order valence-electron chi connectivity index (χ4n) is 2.23. The maximum Gasteiger partial charge on any atom is 0.348 e. The number of rotatable bonds is 4. The largest absolute Gasteiger partial charge is 0.467 e. The quantitative estimate of drug-likeness (QED) is 0.691. The Hall–Kier alpha value is -2.41. The molecule has 0 aliphatic carbocycles. The third-order valence-corrected chi connectivity index (χ3v) is 4.46. The summed E-state index contributed by atoms with van der Waals surface area (Å²) < 4.78 is 11.7. The van der Waals surface area contributed by atoms with Gasteiger partial charge < -0.3 is 9.15 Å². The van der Waals surface area contributed by atoms with E-state index in [1.54, 1.807) is 32.2 Å². The number of ether oxygens (including phenoxy) is 1. The van der Waals surface area contributed by atoms with Crippen LogP contribution in [0.3, 0.4) is 0 Å². The number of furan rings is 1. The Morgan fingerprint density at radius 1 is 1.50 bits per heavy atom. The van der Waals surface area contributed by atoms with Crippen LogP contribution < -0.4 is 5.56 Å². The number of nitrogens with zero attached hydrogens (tertiary/aromatic N) is 2. The molecular formula is C15H14N2O4S. The molecule has 0 spiro atoms. The highest BCUT2D eigenvalue weighted by atomic mass is 32.1. The third kappa shape index (κ3) is 2.43. The van der Waals surface area contributed by atoms with Gasteiger partial charge in [-0.1, -0.05) is 0 Å². The van der Waals surface area contributed by atoms with Crippen molar-refractivity contribution in [3.63, 3.8) is 0 Å². The number of fused-ring (bicyclic) bond motifs is 1. The second-order valence-electron chi connectivity index (χ2n) is 4.71. The molecule has 6 nitrogen and oxygen atoms in total. The molecule has 0 amide bonds. The number of aromatic nitrogens is 2. The maximum absolute atomic E-state index is 12.6. The van der Waals surface area contributed by atoms with Crippen LogP contribution in [-0.4, -0.2) is 22.1 Å².